The minimum atomic E-state index is -0.654. The van der Waals surface area contributed by atoms with E-state index in [-0.39, 0.29) is 35.6 Å². The van der Waals surface area contributed by atoms with Crippen LogP contribution in [0.2, 0.25) is 0 Å². The molecule has 0 atom stereocenters. The quantitative estimate of drug-likeness (QED) is 0.0380. The molecule has 0 unspecified atom stereocenters. The van der Waals surface area contributed by atoms with Crippen molar-refractivity contribution in [3.8, 4) is 11.5 Å². The molecule has 3 aromatic carbocycles. The minimum absolute atomic E-state index is 0.000652. The Balaban J connectivity index is 1.17. The zero-order valence-electron chi connectivity index (χ0n) is 33.6. The van der Waals surface area contributed by atoms with Crippen LogP contribution < -0.4 is 9.47 Å². The summed E-state index contributed by atoms with van der Waals surface area (Å²) in [5.74, 6) is -0.711. The SMILES string of the molecule is C=CC(=O)OCCCC1CCC(c2ccc(C(=O)Oc3cc(C(=O)OCCC)ccc3OC(=O)c3ccc([C@H]4CC[C@H](CCCOC(=O)C=C)CC4)cc3)cc2)CC1. The molecule has 0 spiro atoms. The number of esters is 5. The van der Waals surface area contributed by atoms with Crippen molar-refractivity contribution in [2.45, 2.75) is 102 Å². The molecule has 0 bridgehead atoms. The molecule has 0 radical (unpaired) electrons. The Hall–Kier alpha value is -5.51. The maximum atomic E-state index is 13.5. The predicted molar refractivity (Wildman–Crippen MR) is 220 cm³/mol. The van der Waals surface area contributed by atoms with Crippen molar-refractivity contribution in [1.29, 1.82) is 0 Å². The lowest BCUT2D eigenvalue weighted by molar-refractivity contribution is -0.138. The third kappa shape index (κ3) is 13.0. The van der Waals surface area contributed by atoms with Gasteiger partial charge in [0.05, 0.1) is 36.5 Å². The molecule has 2 aliphatic rings. The van der Waals surface area contributed by atoms with Crippen LogP contribution in [0.1, 0.15) is 144 Å². The van der Waals surface area contributed by atoms with E-state index in [1.807, 2.05) is 31.2 Å². The average Bonchev–Trinajstić information content (AvgIpc) is 3.26. The van der Waals surface area contributed by atoms with Gasteiger partial charge in [0, 0.05) is 12.2 Å². The van der Waals surface area contributed by atoms with Crippen molar-refractivity contribution in [3.63, 3.8) is 0 Å². The second-order valence-corrected chi connectivity index (χ2v) is 15.3. The van der Waals surface area contributed by atoms with Crippen molar-refractivity contribution in [2.24, 2.45) is 11.8 Å². The van der Waals surface area contributed by atoms with E-state index in [0.717, 1.165) is 82.6 Å². The van der Waals surface area contributed by atoms with Gasteiger partial charge in [-0.2, -0.15) is 0 Å². The average molecular weight is 793 g/mol. The molecule has 5 rings (SSSR count). The molecule has 0 N–H and O–H groups in total. The van der Waals surface area contributed by atoms with E-state index < -0.39 is 17.9 Å². The number of hydrogen-bond donors (Lipinski definition) is 0. The number of ether oxygens (including phenoxy) is 5. The highest BCUT2D eigenvalue weighted by molar-refractivity contribution is 5.95. The maximum Gasteiger partial charge on any atom is 0.343 e. The highest BCUT2D eigenvalue weighted by Gasteiger charge is 2.25. The van der Waals surface area contributed by atoms with Crippen molar-refractivity contribution in [3.05, 3.63) is 120 Å². The fraction of sp³-hybridized carbons (Fsp3) is 0.438. The summed E-state index contributed by atoms with van der Waals surface area (Å²) in [6.07, 6.45) is 15.3. The van der Waals surface area contributed by atoms with E-state index >= 15 is 0 Å². The van der Waals surface area contributed by atoms with Gasteiger partial charge in [-0.05, 0) is 161 Å². The van der Waals surface area contributed by atoms with Crippen molar-refractivity contribution in [1.82, 2.24) is 0 Å². The van der Waals surface area contributed by atoms with E-state index in [2.05, 4.69) is 13.2 Å². The van der Waals surface area contributed by atoms with Gasteiger partial charge in [0.1, 0.15) is 0 Å². The fourth-order valence-electron chi connectivity index (χ4n) is 7.95. The molecule has 2 saturated carbocycles. The number of hydrogen-bond acceptors (Lipinski definition) is 10. The molecule has 58 heavy (non-hydrogen) atoms. The first-order chi connectivity index (χ1) is 28.2. The lowest BCUT2D eigenvalue weighted by Gasteiger charge is -2.29. The third-order valence-corrected chi connectivity index (χ3v) is 11.3. The summed E-state index contributed by atoms with van der Waals surface area (Å²) in [5.41, 5.74) is 3.15. The lowest BCUT2D eigenvalue weighted by atomic mass is 9.77. The van der Waals surface area contributed by atoms with Crippen LogP contribution in [-0.4, -0.2) is 49.7 Å². The van der Waals surface area contributed by atoms with E-state index in [1.165, 1.54) is 35.9 Å². The van der Waals surface area contributed by atoms with Gasteiger partial charge >= 0.3 is 29.8 Å². The summed E-state index contributed by atoms with van der Waals surface area (Å²) in [6.45, 7) is 9.80. The Morgan fingerprint density at radius 3 is 1.40 bits per heavy atom. The van der Waals surface area contributed by atoms with E-state index in [0.29, 0.717) is 54.4 Å². The molecule has 0 aliphatic heterocycles. The van der Waals surface area contributed by atoms with Crippen molar-refractivity contribution in [2.75, 3.05) is 19.8 Å². The summed E-state index contributed by atoms with van der Waals surface area (Å²) in [6, 6.07) is 19.1. The van der Waals surface area contributed by atoms with E-state index in [4.69, 9.17) is 23.7 Å². The van der Waals surface area contributed by atoms with Crippen LogP contribution in [0.15, 0.2) is 92.0 Å². The van der Waals surface area contributed by atoms with Crippen LogP contribution in [0.25, 0.3) is 0 Å². The van der Waals surface area contributed by atoms with Crippen molar-refractivity contribution < 1.29 is 47.7 Å². The topological polar surface area (TPSA) is 132 Å². The van der Waals surface area contributed by atoms with Gasteiger partial charge in [0.25, 0.3) is 0 Å². The number of carbonyl (C=O) groups excluding carboxylic acids is 5. The van der Waals surface area contributed by atoms with Crippen LogP contribution in [0.3, 0.4) is 0 Å². The van der Waals surface area contributed by atoms with Crippen LogP contribution in [-0.2, 0) is 23.8 Å². The Morgan fingerprint density at radius 2 is 0.966 bits per heavy atom. The first-order valence-electron chi connectivity index (χ1n) is 20.7. The number of carbonyl (C=O) groups is 5. The summed E-state index contributed by atoms with van der Waals surface area (Å²) >= 11 is 0. The Labute approximate surface area is 341 Å². The molecule has 3 aromatic rings. The summed E-state index contributed by atoms with van der Waals surface area (Å²) < 4.78 is 27.1. The van der Waals surface area contributed by atoms with Gasteiger partial charge in [-0.1, -0.05) is 44.3 Å². The monoisotopic (exact) mass is 792 g/mol. The molecule has 0 saturated heterocycles. The van der Waals surface area contributed by atoms with Gasteiger partial charge in [0.15, 0.2) is 11.5 Å². The van der Waals surface area contributed by atoms with Gasteiger partial charge < -0.3 is 23.7 Å². The van der Waals surface area contributed by atoms with Crippen LogP contribution in [0.4, 0.5) is 0 Å². The zero-order valence-corrected chi connectivity index (χ0v) is 33.6. The smallest absolute Gasteiger partial charge is 0.343 e. The molecular formula is C48H56O10. The van der Waals surface area contributed by atoms with Gasteiger partial charge in [-0.15, -0.1) is 0 Å². The zero-order chi connectivity index (χ0) is 41.3. The van der Waals surface area contributed by atoms with Gasteiger partial charge in [0.2, 0.25) is 0 Å². The molecule has 2 fully saturated rings. The Kier molecular flexibility index (Phi) is 16.9. The summed E-state index contributed by atoms with van der Waals surface area (Å²) in [7, 11) is 0. The van der Waals surface area contributed by atoms with E-state index in [9.17, 15) is 24.0 Å². The van der Waals surface area contributed by atoms with Crippen LogP contribution in [0, 0.1) is 11.8 Å². The first kappa shape index (κ1) is 43.6. The van der Waals surface area contributed by atoms with Gasteiger partial charge in [-0.25, -0.2) is 24.0 Å². The molecule has 0 aromatic heterocycles. The molecule has 308 valence electrons. The first-order valence-corrected chi connectivity index (χ1v) is 20.7. The molecule has 10 nitrogen and oxygen atoms in total. The highest BCUT2D eigenvalue weighted by Crippen LogP contribution is 2.39. The molecular weight excluding hydrogens is 737 g/mol. The Morgan fingerprint density at radius 1 is 0.534 bits per heavy atom. The fourth-order valence-corrected chi connectivity index (χ4v) is 7.95. The van der Waals surface area contributed by atoms with Gasteiger partial charge in [-0.3, -0.25) is 0 Å². The summed E-state index contributed by atoms with van der Waals surface area (Å²) in [4.78, 5) is 62.1. The van der Waals surface area contributed by atoms with E-state index in [1.54, 1.807) is 24.3 Å². The summed E-state index contributed by atoms with van der Waals surface area (Å²) in [5, 5.41) is 0. The largest absolute Gasteiger partial charge is 0.463 e. The van der Waals surface area contributed by atoms with Crippen LogP contribution >= 0.6 is 0 Å². The second-order valence-electron chi connectivity index (χ2n) is 15.3. The predicted octanol–water partition coefficient (Wildman–Crippen LogP) is 10.3. The normalized spacial score (nSPS) is 18.9. The molecule has 10 heteroatoms. The lowest BCUT2D eigenvalue weighted by Crippen LogP contribution is -2.16. The van der Waals surface area contributed by atoms with Crippen molar-refractivity contribution >= 4 is 29.8 Å². The molecule has 2 aliphatic carbocycles. The molecule has 0 amide bonds. The number of benzene rings is 3. The Bertz CT molecular complexity index is 1860. The number of rotatable bonds is 19. The molecule has 0 heterocycles. The maximum absolute atomic E-state index is 13.5. The third-order valence-electron chi connectivity index (χ3n) is 11.3. The standard InChI is InChI=1S/C48H56O10/c1-4-29-56-46(51)41-27-28-42(57-47(52)39-23-19-37(20-24-39)35-15-11-33(12-16-35)9-7-30-54-44(49)5-2)43(32-41)58-48(53)40-25-21-38(22-26-40)36-17-13-34(14-18-36)10-8-31-55-45(50)6-3/h5-6,19-28,32-36H,2-4,7-18,29-31H2,1H3/t33-,34?,35-,36?. The minimum Gasteiger partial charge on any atom is -0.463 e. The second kappa shape index (κ2) is 22.4. The van der Waals surface area contributed by atoms with Crippen LogP contribution in [0.5, 0.6) is 11.5 Å². The highest BCUT2D eigenvalue weighted by atomic mass is 16.6.